The van der Waals surface area contributed by atoms with Gasteiger partial charge in [-0.1, -0.05) is 102 Å². The fourth-order valence-electron chi connectivity index (χ4n) is 4.58. The van der Waals surface area contributed by atoms with Crippen LogP contribution in [0.1, 0.15) is 94.3 Å². The first-order valence-electron chi connectivity index (χ1n) is 12.0. The van der Waals surface area contributed by atoms with Gasteiger partial charge in [0, 0.05) is 11.1 Å². The van der Waals surface area contributed by atoms with E-state index in [9.17, 15) is 15.3 Å². The van der Waals surface area contributed by atoms with Crippen LogP contribution in [0.4, 0.5) is 0 Å². The molecule has 182 valence electrons. The molecule has 3 heteroatoms. The molecular formula is C31H40O3. The highest BCUT2D eigenvalue weighted by molar-refractivity contribution is 5.56. The molecule has 0 heterocycles. The molecule has 34 heavy (non-hydrogen) atoms. The summed E-state index contributed by atoms with van der Waals surface area (Å²) in [5.74, 6) is -0.0858. The van der Waals surface area contributed by atoms with Crippen LogP contribution in [0.2, 0.25) is 0 Å². The van der Waals surface area contributed by atoms with Gasteiger partial charge in [-0.25, -0.2) is 0 Å². The number of benzene rings is 3. The molecule has 0 aliphatic carbocycles. The van der Waals surface area contributed by atoms with Gasteiger partial charge in [0.25, 0.3) is 0 Å². The van der Waals surface area contributed by atoms with Crippen molar-refractivity contribution in [2.45, 2.75) is 84.3 Å². The average Bonchev–Trinajstić information content (AvgIpc) is 2.72. The second kappa shape index (κ2) is 8.55. The van der Waals surface area contributed by atoms with E-state index in [1.54, 1.807) is 19.9 Å². The number of phenols is 1. The minimum absolute atomic E-state index is 0.0751. The topological polar surface area (TPSA) is 60.7 Å². The lowest BCUT2D eigenvalue weighted by Gasteiger charge is -2.33. The SMILES string of the molecule is Cc1ccc(C(C)(O)c2cccc(C(C)(C)C)c2)c(O)c1C(C)(O)c1cccc(C(C)(C)C)c1. The third-order valence-electron chi connectivity index (χ3n) is 6.98. The number of hydrogen-bond donors (Lipinski definition) is 3. The van der Waals surface area contributed by atoms with E-state index in [-0.39, 0.29) is 16.6 Å². The predicted octanol–water partition coefficient (Wildman–Crippen LogP) is 6.81. The molecule has 3 aromatic rings. The summed E-state index contributed by atoms with van der Waals surface area (Å²) in [6.45, 7) is 18.1. The molecule has 0 saturated heterocycles. The highest BCUT2D eigenvalue weighted by Gasteiger charge is 2.37. The highest BCUT2D eigenvalue weighted by atomic mass is 16.3. The number of aliphatic hydroxyl groups is 2. The van der Waals surface area contributed by atoms with Gasteiger partial charge in [-0.05, 0) is 59.4 Å². The van der Waals surface area contributed by atoms with Crippen LogP contribution in [0.5, 0.6) is 5.75 Å². The summed E-state index contributed by atoms with van der Waals surface area (Å²) in [6, 6.07) is 19.3. The lowest BCUT2D eigenvalue weighted by Crippen LogP contribution is -2.28. The maximum absolute atomic E-state index is 11.8. The van der Waals surface area contributed by atoms with Gasteiger partial charge in [-0.15, -0.1) is 0 Å². The Hall–Kier alpha value is -2.62. The number of hydrogen-bond acceptors (Lipinski definition) is 3. The van der Waals surface area contributed by atoms with Crippen LogP contribution in [0.15, 0.2) is 60.7 Å². The second-order valence-electron chi connectivity index (χ2n) is 12.0. The molecule has 0 saturated carbocycles. The quantitative estimate of drug-likeness (QED) is 0.401. The van der Waals surface area contributed by atoms with E-state index in [4.69, 9.17) is 0 Å². The van der Waals surface area contributed by atoms with Crippen LogP contribution in [0.25, 0.3) is 0 Å². The smallest absolute Gasteiger partial charge is 0.128 e. The van der Waals surface area contributed by atoms with E-state index in [0.717, 1.165) is 16.7 Å². The first-order chi connectivity index (χ1) is 15.5. The fraction of sp³-hybridized carbons (Fsp3) is 0.419. The van der Waals surface area contributed by atoms with Gasteiger partial charge in [-0.2, -0.15) is 0 Å². The van der Waals surface area contributed by atoms with E-state index in [2.05, 4.69) is 47.6 Å². The highest BCUT2D eigenvalue weighted by Crippen LogP contribution is 2.45. The Kier molecular flexibility index (Phi) is 6.54. The van der Waals surface area contributed by atoms with Crippen LogP contribution < -0.4 is 0 Å². The Labute approximate surface area is 205 Å². The maximum atomic E-state index is 11.8. The van der Waals surface area contributed by atoms with Gasteiger partial charge in [0.15, 0.2) is 0 Å². The minimum Gasteiger partial charge on any atom is -0.507 e. The van der Waals surface area contributed by atoms with E-state index < -0.39 is 11.2 Å². The van der Waals surface area contributed by atoms with Crippen molar-refractivity contribution in [2.24, 2.45) is 0 Å². The second-order valence-corrected chi connectivity index (χ2v) is 12.0. The number of phenolic OH excluding ortho intramolecular Hbond substituents is 1. The van der Waals surface area contributed by atoms with Gasteiger partial charge in [0.05, 0.1) is 0 Å². The lowest BCUT2D eigenvalue weighted by atomic mass is 9.77. The van der Waals surface area contributed by atoms with Gasteiger partial charge in [-0.3, -0.25) is 0 Å². The molecule has 2 unspecified atom stereocenters. The maximum Gasteiger partial charge on any atom is 0.128 e. The lowest BCUT2D eigenvalue weighted by molar-refractivity contribution is 0.0889. The van der Waals surface area contributed by atoms with Crippen molar-refractivity contribution in [1.29, 1.82) is 0 Å². The van der Waals surface area contributed by atoms with Gasteiger partial charge >= 0.3 is 0 Å². The molecule has 3 aromatic carbocycles. The van der Waals surface area contributed by atoms with Crippen LogP contribution >= 0.6 is 0 Å². The molecule has 0 amide bonds. The zero-order chi connectivity index (χ0) is 25.7. The molecular weight excluding hydrogens is 420 g/mol. The Morgan fingerprint density at radius 2 is 0.971 bits per heavy atom. The summed E-state index contributed by atoms with van der Waals surface area (Å²) in [4.78, 5) is 0. The molecule has 0 aromatic heterocycles. The first kappa shape index (κ1) is 26.0. The first-order valence-corrected chi connectivity index (χ1v) is 12.0. The minimum atomic E-state index is -1.45. The number of aromatic hydroxyl groups is 1. The van der Waals surface area contributed by atoms with E-state index >= 15 is 0 Å². The summed E-state index contributed by atoms with van der Waals surface area (Å²) >= 11 is 0. The van der Waals surface area contributed by atoms with Crippen LogP contribution in [0, 0.1) is 6.92 Å². The predicted molar refractivity (Wildman–Crippen MR) is 140 cm³/mol. The Morgan fingerprint density at radius 1 is 0.559 bits per heavy atom. The molecule has 0 aliphatic rings. The Morgan fingerprint density at radius 3 is 1.41 bits per heavy atom. The molecule has 2 atom stereocenters. The Bertz CT molecular complexity index is 1190. The zero-order valence-electron chi connectivity index (χ0n) is 22.1. The molecule has 0 radical (unpaired) electrons. The molecule has 0 bridgehead atoms. The van der Waals surface area contributed by atoms with Crippen molar-refractivity contribution in [3.8, 4) is 5.75 Å². The van der Waals surface area contributed by atoms with E-state index in [1.807, 2.05) is 55.5 Å². The largest absolute Gasteiger partial charge is 0.507 e. The Balaban J connectivity index is 2.18. The van der Waals surface area contributed by atoms with Gasteiger partial charge < -0.3 is 15.3 Å². The van der Waals surface area contributed by atoms with Gasteiger partial charge in [0.2, 0.25) is 0 Å². The van der Waals surface area contributed by atoms with Crippen molar-refractivity contribution in [3.05, 3.63) is 99.6 Å². The van der Waals surface area contributed by atoms with Crippen molar-refractivity contribution in [1.82, 2.24) is 0 Å². The fourth-order valence-corrected chi connectivity index (χ4v) is 4.58. The summed E-state index contributed by atoms with van der Waals surface area (Å²) < 4.78 is 0. The van der Waals surface area contributed by atoms with E-state index in [0.29, 0.717) is 22.3 Å². The van der Waals surface area contributed by atoms with E-state index in [1.165, 1.54) is 0 Å². The van der Waals surface area contributed by atoms with Crippen molar-refractivity contribution in [2.75, 3.05) is 0 Å². The van der Waals surface area contributed by atoms with Crippen LogP contribution in [-0.4, -0.2) is 15.3 Å². The molecule has 3 N–H and O–H groups in total. The molecule has 0 aliphatic heterocycles. The molecule has 3 nitrogen and oxygen atoms in total. The standard InChI is InChI=1S/C31H40O3/c1-20-16-17-25(30(8,33)23-14-10-12-21(18-23)28(2,3)4)27(32)26(20)31(9,34)24-15-11-13-22(19-24)29(5,6)7/h10-19,32-34H,1-9H3. The number of rotatable bonds is 4. The van der Waals surface area contributed by atoms with Crippen LogP contribution in [0.3, 0.4) is 0 Å². The van der Waals surface area contributed by atoms with Crippen LogP contribution in [-0.2, 0) is 22.0 Å². The third kappa shape index (κ3) is 4.78. The average molecular weight is 461 g/mol. The van der Waals surface area contributed by atoms with Crippen molar-refractivity contribution >= 4 is 0 Å². The normalized spacial score (nSPS) is 16.1. The number of aryl methyl sites for hydroxylation is 1. The summed E-state index contributed by atoms with van der Waals surface area (Å²) in [6.07, 6.45) is 0. The molecule has 3 rings (SSSR count). The molecule has 0 fully saturated rings. The summed E-state index contributed by atoms with van der Waals surface area (Å²) in [5.41, 5.74) is 2.07. The van der Waals surface area contributed by atoms with Gasteiger partial charge in [0.1, 0.15) is 17.0 Å². The summed E-state index contributed by atoms with van der Waals surface area (Å²) in [7, 11) is 0. The van der Waals surface area contributed by atoms with Crippen molar-refractivity contribution in [3.63, 3.8) is 0 Å². The molecule has 0 spiro atoms. The summed E-state index contributed by atoms with van der Waals surface area (Å²) in [5, 5.41) is 35.0. The van der Waals surface area contributed by atoms with Crippen molar-refractivity contribution < 1.29 is 15.3 Å². The zero-order valence-corrected chi connectivity index (χ0v) is 22.1. The monoisotopic (exact) mass is 460 g/mol. The third-order valence-corrected chi connectivity index (χ3v) is 6.98.